The van der Waals surface area contributed by atoms with Crippen LogP contribution in [0, 0.1) is 11.2 Å². The van der Waals surface area contributed by atoms with Crippen LogP contribution in [0.4, 0.5) is 4.39 Å². The quantitative estimate of drug-likeness (QED) is 0.553. The molecule has 24 heavy (non-hydrogen) atoms. The van der Waals surface area contributed by atoms with Crippen molar-refractivity contribution >= 4 is 5.96 Å². The van der Waals surface area contributed by atoms with E-state index in [9.17, 15) is 9.50 Å². The van der Waals surface area contributed by atoms with Gasteiger partial charge in [-0.25, -0.2) is 4.39 Å². The first kappa shape index (κ1) is 18.7. The molecular weight excluding hydrogens is 305 g/mol. The topological polar surface area (TPSA) is 56.7 Å². The SMILES string of the molecule is CCNC(=NCC1(C)CCCCC1O)NCCc1cccc(F)c1. The first-order valence-corrected chi connectivity index (χ1v) is 8.98. The molecule has 1 saturated carbocycles. The first-order valence-electron chi connectivity index (χ1n) is 8.98. The number of aliphatic hydroxyl groups is 1. The minimum absolute atomic E-state index is 0.136. The Balaban J connectivity index is 1.88. The minimum Gasteiger partial charge on any atom is -0.392 e. The van der Waals surface area contributed by atoms with Gasteiger partial charge in [-0.3, -0.25) is 4.99 Å². The Hall–Kier alpha value is -1.62. The molecule has 0 heterocycles. The number of benzene rings is 1. The molecule has 0 aromatic heterocycles. The molecule has 0 bridgehead atoms. The maximum Gasteiger partial charge on any atom is 0.191 e. The van der Waals surface area contributed by atoms with Gasteiger partial charge in [-0.2, -0.15) is 0 Å². The number of halogens is 1. The second-order valence-corrected chi connectivity index (χ2v) is 6.92. The van der Waals surface area contributed by atoms with Crippen molar-refractivity contribution in [3.63, 3.8) is 0 Å². The number of nitrogens with zero attached hydrogens (tertiary/aromatic N) is 1. The summed E-state index contributed by atoms with van der Waals surface area (Å²) in [5, 5.41) is 16.8. The Morgan fingerprint density at radius 2 is 2.21 bits per heavy atom. The van der Waals surface area contributed by atoms with Crippen LogP contribution in [0.3, 0.4) is 0 Å². The van der Waals surface area contributed by atoms with E-state index in [2.05, 4.69) is 22.5 Å². The van der Waals surface area contributed by atoms with Crippen LogP contribution in [0.1, 0.15) is 45.1 Å². The van der Waals surface area contributed by atoms with Crippen molar-refractivity contribution < 1.29 is 9.50 Å². The number of aliphatic imine (C=N–C) groups is 1. The third kappa shape index (κ3) is 5.48. The molecule has 4 nitrogen and oxygen atoms in total. The number of hydrogen-bond acceptors (Lipinski definition) is 2. The lowest BCUT2D eigenvalue weighted by Gasteiger charge is -2.37. The van der Waals surface area contributed by atoms with Crippen LogP contribution < -0.4 is 10.6 Å². The van der Waals surface area contributed by atoms with Crippen molar-refractivity contribution in [1.29, 1.82) is 0 Å². The number of aliphatic hydroxyl groups excluding tert-OH is 1. The van der Waals surface area contributed by atoms with Gasteiger partial charge >= 0.3 is 0 Å². The third-order valence-corrected chi connectivity index (χ3v) is 4.82. The van der Waals surface area contributed by atoms with Crippen molar-refractivity contribution in [2.45, 2.75) is 52.1 Å². The predicted octanol–water partition coefficient (Wildman–Crippen LogP) is 2.86. The fourth-order valence-corrected chi connectivity index (χ4v) is 3.19. The normalized spacial score (nSPS) is 24.7. The summed E-state index contributed by atoms with van der Waals surface area (Å²) in [5.41, 5.74) is 0.830. The third-order valence-electron chi connectivity index (χ3n) is 4.82. The van der Waals surface area contributed by atoms with Gasteiger partial charge in [0.25, 0.3) is 0 Å². The lowest BCUT2D eigenvalue weighted by molar-refractivity contribution is 0.00716. The second-order valence-electron chi connectivity index (χ2n) is 6.92. The molecule has 1 aliphatic rings. The lowest BCUT2D eigenvalue weighted by atomic mass is 9.73. The van der Waals surface area contributed by atoms with E-state index >= 15 is 0 Å². The lowest BCUT2D eigenvalue weighted by Crippen LogP contribution is -2.42. The predicted molar refractivity (Wildman–Crippen MR) is 96.7 cm³/mol. The summed E-state index contributed by atoms with van der Waals surface area (Å²) in [4.78, 5) is 4.67. The van der Waals surface area contributed by atoms with Gasteiger partial charge in [0, 0.05) is 18.5 Å². The molecule has 0 saturated heterocycles. The average Bonchev–Trinajstić information content (AvgIpc) is 2.56. The fraction of sp³-hybridized carbons (Fsp3) is 0.632. The zero-order valence-electron chi connectivity index (χ0n) is 14.8. The summed E-state index contributed by atoms with van der Waals surface area (Å²) in [5.74, 6) is 0.556. The molecule has 0 radical (unpaired) electrons. The van der Waals surface area contributed by atoms with Crippen LogP contribution in [0.25, 0.3) is 0 Å². The molecule has 2 atom stereocenters. The van der Waals surface area contributed by atoms with E-state index in [0.717, 1.165) is 50.2 Å². The van der Waals surface area contributed by atoms with Gasteiger partial charge < -0.3 is 15.7 Å². The maximum absolute atomic E-state index is 13.2. The van der Waals surface area contributed by atoms with Gasteiger partial charge in [-0.15, -0.1) is 0 Å². The van der Waals surface area contributed by atoms with E-state index in [0.29, 0.717) is 13.1 Å². The zero-order chi connectivity index (χ0) is 17.4. The van der Waals surface area contributed by atoms with Crippen molar-refractivity contribution in [2.24, 2.45) is 10.4 Å². The highest BCUT2D eigenvalue weighted by Gasteiger charge is 2.35. The minimum atomic E-state index is -0.273. The molecule has 0 spiro atoms. The molecule has 2 unspecified atom stereocenters. The molecule has 1 aromatic carbocycles. The summed E-state index contributed by atoms with van der Waals surface area (Å²) in [7, 11) is 0. The number of hydrogen-bond donors (Lipinski definition) is 3. The van der Waals surface area contributed by atoms with E-state index in [1.165, 1.54) is 6.07 Å². The highest BCUT2D eigenvalue weighted by molar-refractivity contribution is 5.79. The van der Waals surface area contributed by atoms with Crippen molar-refractivity contribution in [3.05, 3.63) is 35.6 Å². The van der Waals surface area contributed by atoms with Gasteiger partial charge in [0.05, 0.1) is 12.6 Å². The Kier molecular flexibility index (Phi) is 7.03. The fourth-order valence-electron chi connectivity index (χ4n) is 3.19. The summed E-state index contributed by atoms with van der Waals surface area (Å²) in [6.45, 7) is 6.24. The molecule has 3 N–H and O–H groups in total. The molecule has 5 heteroatoms. The largest absolute Gasteiger partial charge is 0.392 e. The number of rotatable bonds is 6. The first-order chi connectivity index (χ1) is 11.5. The second kappa shape index (κ2) is 9.02. The van der Waals surface area contributed by atoms with E-state index in [-0.39, 0.29) is 17.3 Å². The van der Waals surface area contributed by atoms with Crippen molar-refractivity contribution in [3.8, 4) is 0 Å². The van der Waals surface area contributed by atoms with Crippen LogP contribution in [0.15, 0.2) is 29.3 Å². The van der Waals surface area contributed by atoms with Crippen LogP contribution in [0.5, 0.6) is 0 Å². The summed E-state index contributed by atoms with van der Waals surface area (Å²) >= 11 is 0. The molecule has 2 rings (SSSR count). The van der Waals surface area contributed by atoms with Gasteiger partial charge in [-0.05, 0) is 43.9 Å². The van der Waals surface area contributed by atoms with Gasteiger partial charge in [0.1, 0.15) is 5.82 Å². The maximum atomic E-state index is 13.2. The van der Waals surface area contributed by atoms with E-state index in [1.807, 2.05) is 13.0 Å². The van der Waals surface area contributed by atoms with E-state index < -0.39 is 0 Å². The smallest absolute Gasteiger partial charge is 0.191 e. The van der Waals surface area contributed by atoms with Crippen LogP contribution >= 0.6 is 0 Å². The Labute approximate surface area is 144 Å². The molecule has 134 valence electrons. The van der Waals surface area contributed by atoms with Gasteiger partial charge in [0.15, 0.2) is 5.96 Å². The Bertz CT molecular complexity index is 549. The summed E-state index contributed by atoms with van der Waals surface area (Å²) in [6.07, 6.45) is 4.61. The highest BCUT2D eigenvalue weighted by atomic mass is 19.1. The molecular formula is C19H30FN3O. The molecule has 0 amide bonds. The molecule has 0 aliphatic heterocycles. The molecule has 1 aliphatic carbocycles. The average molecular weight is 335 g/mol. The van der Waals surface area contributed by atoms with Crippen LogP contribution in [-0.2, 0) is 6.42 Å². The van der Waals surface area contributed by atoms with Crippen LogP contribution in [0.2, 0.25) is 0 Å². The van der Waals surface area contributed by atoms with E-state index in [4.69, 9.17) is 0 Å². The number of nitrogens with one attached hydrogen (secondary N) is 2. The van der Waals surface area contributed by atoms with Crippen molar-refractivity contribution in [1.82, 2.24) is 10.6 Å². The summed E-state index contributed by atoms with van der Waals surface area (Å²) < 4.78 is 13.2. The molecule has 1 aromatic rings. The zero-order valence-corrected chi connectivity index (χ0v) is 14.8. The molecule has 1 fully saturated rings. The van der Waals surface area contributed by atoms with Crippen LogP contribution in [-0.4, -0.2) is 36.8 Å². The Morgan fingerprint density at radius 1 is 1.38 bits per heavy atom. The summed E-state index contributed by atoms with van der Waals surface area (Å²) in [6, 6.07) is 6.67. The highest BCUT2D eigenvalue weighted by Crippen LogP contribution is 2.36. The number of guanidine groups is 1. The van der Waals surface area contributed by atoms with Gasteiger partial charge in [-0.1, -0.05) is 31.9 Å². The monoisotopic (exact) mass is 335 g/mol. The van der Waals surface area contributed by atoms with Gasteiger partial charge in [0.2, 0.25) is 0 Å². The Morgan fingerprint density at radius 3 is 2.92 bits per heavy atom. The van der Waals surface area contributed by atoms with E-state index in [1.54, 1.807) is 12.1 Å². The standard InChI is InChI=1S/C19H30FN3O/c1-3-21-18(22-12-10-15-7-6-8-16(20)13-15)23-14-19(2)11-5-4-9-17(19)24/h6-8,13,17,24H,3-5,9-12,14H2,1-2H3,(H2,21,22,23). The van der Waals surface area contributed by atoms with Crippen molar-refractivity contribution in [2.75, 3.05) is 19.6 Å².